The summed E-state index contributed by atoms with van der Waals surface area (Å²) in [5, 5.41) is 0. The summed E-state index contributed by atoms with van der Waals surface area (Å²) in [4.78, 5) is -0.0430. The number of fused-ring (bicyclic) bond motifs is 2. The molecule has 6 heteroatoms. The van der Waals surface area contributed by atoms with E-state index in [2.05, 4.69) is 4.72 Å². The lowest BCUT2D eigenvalue weighted by molar-refractivity contribution is 0.384. The smallest absolute Gasteiger partial charge is 0.240 e. The molecule has 0 radical (unpaired) electrons. The zero-order valence-electron chi connectivity index (χ0n) is 11.3. The van der Waals surface area contributed by atoms with E-state index in [0.29, 0.717) is 11.8 Å². The number of rotatable bonds is 4. The van der Waals surface area contributed by atoms with Gasteiger partial charge >= 0.3 is 0 Å². The SMILES string of the molecule is COc1ccc(S(=O)(=O)NC2CC3CCC2C3)cc1F. The molecule has 0 spiro atoms. The molecule has 3 rings (SSSR count). The van der Waals surface area contributed by atoms with E-state index in [9.17, 15) is 12.8 Å². The van der Waals surface area contributed by atoms with Crippen LogP contribution in [0.4, 0.5) is 4.39 Å². The summed E-state index contributed by atoms with van der Waals surface area (Å²) in [5.74, 6) is 0.477. The van der Waals surface area contributed by atoms with Crippen LogP contribution in [0.15, 0.2) is 23.1 Å². The van der Waals surface area contributed by atoms with Crippen LogP contribution >= 0.6 is 0 Å². The van der Waals surface area contributed by atoms with Gasteiger partial charge in [-0.15, -0.1) is 0 Å². The Bertz CT molecular complexity index is 617. The number of ether oxygens (including phenoxy) is 1. The Morgan fingerprint density at radius 1 is 1.30 bits per heavy atom. The number of methoxy groups -OCH3 is 1. The molecular weight excluding hydrogens is 281 g/mol. The van der Waals surface area contributed by atoms with Crippen molar-refractivity contribution in [3.05, 3.63) is 24.0 Å². The van der Waals surface area contributed by atoms with Gasteiger partial charge < -0.3 is 4.74 Å². The summed E-state index contributed by atoms with van der Waals surface area (Å²) in [6.45, 7) is 0. The molecular formula is C14H18FNO3S. The van der Waals surface area contributed by atoms with Gasteiger partial charge in [-0.25, -0.2) is 17.5 Å². The quantitative estimate of drug-likeness (QED) is 0.928. The molecule has 3 atom stereocenters. The van der Waals surface area contributed by atoms with Crippen molar-refractivity contribution >= 4 is 10.0 Å². The first-order valence-corrected chi connectivity index (χ1v) is 8.34. The van der Waals surface area contributed by atoms with Crippen LogP contribution in [0, 0.1) is 17.7 Å². The van der Waals surface area contributed by atoms with E-state index in [1.54, 1.807) is 0 Å². The van der Waals surface area contributed by atoms with E-state index >= 15 is 0 Å². The van der Waals surface area contributed by atoms with Crippen LogP contribution < -0.4 is 9.46 Å². The first kappa shape index (κ1) is 13.8. The average Bonchev–Trinajstić information content (AvgIpc) is 3.00. The van der Waals surface area contributed by atoms with E-state index in [1.165, 1.54) is 25.7 Å². The fourth-order valence-electron chi connectivity index (χ4n) is 3.47. The lowest BCUT2D eigenvalue weighted by Crippen LogP contribution is -2.38. The fourth-order valence-corrected chi connectivity index (χ4v) is 4.80. The van der Waals surface area contributed by atoms with Crippen molar-refractivity contribution in [1.82, 2.24) is 4.72 Å². The molecule has 2 aliphatic rings. The van der Waals surface area contributed by atoms with Gasteiger partial charge in [-0.3, -0.25) is 0 Å². The number of hydrogen-bond acceptors (Lipinski definition) is 3. The molecule has 0 aromatic heterocycles. The lowest BCUT2D eigenvalue weighted by atomic mass is 9.96. The maximum absolute atomic E-state index is 13.6. The molecule has 1 aromatic rings. The number of hydrogen-bond donors (Lipinski definition) is 1. The maximum atomic E-state index is 13.6. The molecule has 1 N–H and O–H groups in total. The molecule has 2 fully saturated rings. The lowest BCUT2D eigenvalue weighted by Gasteiger charge is -2.22. The first-order chi connectivity index (χ1) is 9.49. The average molecular weight is 299 g/mol. The standard InChI is InChI=1S/C14H18FNO3S/c1-19-14-5-4-11(8-12(14)15)20(17,18)16-13-7-9-2-3-10(13)6-9/h4-5,8-10,13,16H,2-3,6-7H2,1H3. The minimum Gasteiger partial charge on any atom is -0.494 e. The van der Waals surface area contributed by atoms with Gasteiger partial charge in [0, 0.05) is 6.04 Å². The van der Waals surface area contributed by atoms with Gasteiger partial charge in [-0.2, -0.15) is 0 Å². The molecule has 1 aromatic carbocycles. The minimum atomic E-state index is -3.66. The van der Waals surface area contributed by atoms with Crippen molar-refractivity contribution in [3.8, 4) is 5.75 Å². The second kappa shape index (κ2) is 5.00. The summed E-state index contributed by atoms with van der Waals surface area (Å²) in [6, 6.07) is 3.72. The second-order valence-electron chi connectivity index (χ2n) is 5.70. The number of halogens is 1. The Morgan fingerprint density at radius 3 is 2.65 bits per heavy atom. The van der Waals surface area contributed by atoms with Gasteiger partial charge in [0.15, 0.2) is 11.6 Å². The third-order valence-electron chi connectivity index (χ3n) is 4.48. The van der Waals surface area contributed by atoms with Crippen LogP contribution in [0.3, 0.4) is 0 Å². The Kier molecular flexibility index (Phi) is 3.46. The molecule has 0 amide bonds. The van der Waals surface area contributed by atoms with E-state index in [1.807, 2.05) is 0 Å². The van der Waals surface area contributed by atoms with Crippen molar-refractivity contribution in [3.63, 3.8) is 0 Å². The fraction of sp³-hybridized carbons (Fsp3) is 0.571. The van der Waals surface area contributed by atoms with E-state index in [-0.39, 0.29) is 16.7 Å². The Hall–Kier alpha value is -1.14. The zero-order valence-corrected chi connectivity index (χ0v) is 12.1. The highest BCUT2D eigenvalue weighted by Crippen LogP contribution is 2.44. The van der Waals surface area contributed by atoms with Gasteiger partial charge in [-0.1, -0.05) is 6.42 Å². The second-order valence-corrected chi connectivity index (χ2v) is 7.41. The van der Waals surface area contributed by atoms with Crippen LogP contribution in [-0.2, 0) is 10.0 Å². The van der Waals surface area contributed by atoms with Gasteiger partial charge in [0.05, 0.1) is 12.0 Å². The summed E-state index contributed by atoms with van der Waals surface area (Å²) in [7, 11) is -2.31. The van der Waals surface area contributed by atoms with Crippen LogP contribution in [0.25, 0.3) is 0 Å². The third-order valence-corrected chi connectivity index (χ3v) is 5.97. The molecule has 2 bridgehead atoms. The monoisotopic (exact) mass is 299 g/mol. The topological polar surface area (TPSA) is 55.4 Å². The summed E-state index contributed by atoms with van der Waals surface area (Å²) in [6.07, 6.45) is 4.32. The third kappa shape index (κ3) is 2.42. The molecule has 2 saturated carbocycles. The molecule has 0 aliphatic heterocycles. The van der Waals surface area contributed by atoms with E-state index in [4.69, 9.17) is 4.74 Å². The number of sulfonamides is 1. The summed E-state index contributed by atoms with van der Waals surface area (Å²) < 4.78 is 45.8. The highest BCUT2D eigenvalue weighted by atomic mass is 32.2. The normalized spacial score (nSPS) is 28.8. The minimum absolute atomic E-state index is 0.00362. The molecule has 110 valence electrons. The molecule has 2 aliphatic carbocycles. The highest BCUT2D eigenvalue weighted by molar-refractivity contribution is 7.89. The molecule has 4 nitrogen and oxygen atoms in total. The predicted octanol–water partition coefficient (Wildman–Crippen LogP) is 2.30. The Balaban J connectivity index is 1.79. The van der Waals surface area contributed by atoms with Gasteiger partial charge in [0.2, 0.25) is 10.0 Å². The van der Waals surface area contributed by atoms with E-state index < -0.39 is 15.8 Å². The molecule has 3 unspecified atom stereocenters. The first-order valence-electron chi connectivity index (χ1n) is 6.85. The Morgan fingerprint density at radius 2 is 2.10 bits per heavy atom. The maximum Gasteiger partial charge on any atom is 0.240 e. The van der Waals surface area contributed by atoms with Crippen molar-refractivity contribution in [2.75, 3.05) is 7.11 Å². The highest BCUT2D eigenvalue weighted by Gasteiger charge is 2.41. The summed E-state index contributed by atoms with van der Waals surface area (Å²) in [5.41, 5.74) is 0. The van der Waals surface area contributed by atoms with Crippen LogP contribution in [-0.4, -0.2) is 21.6 Å². The molecule has 20 heavy (non-hydrogen) atoms. The predicted molar refractivity (Wildman–Crippen MR) is 72.5 cm³/mol. The van der Waals surface area contributed by atoms with Gasteiger partial charge in [-0.05, 0) is 49.3 Å². The molecule has 0 saturated heterocycles. The largest absolute Gasteiger partial charge is 0.494 e. The number of benzene rings is 1. The van der Waals surface area contributed by atoms with Crippen molar-refractivity contribution in [1.29, 1.82) is 0 Å². The molecule has 0 heterocycles. The van der Waals surface area contributed by atoms with Gasteiger partial charge in [0.1, 0.15) is 0 Å². The van der Waals surface area contributed by atoms with Gasteiger partial charge in [0.25, 0.3) is 0 Å². The number of nitrogens with one attached hydrogen (secondary N) is 1. The van der Waals surface area contributed by atoms with Crippen LogP contribution in [0.5, 0.6) is 5.75 Å². The summed E-state index contributed by atoms with van der Waals surface area (Å²) >= 11 is 0. The van der Waals surface area contributed by atoms with Crippen molar-refractivity contribution < 1.29 is 17.5 Å². The van der Waals surface area contributed by atoms with Crippen molar-refractivity contribution in [2.24, 2.45) is 11.8 Å². The zero-order chi connectivity index (χ0) is 14.3. The van der Waals surface area contributed by atoms with E-state index in [0.717, 1.165) is 25.3 Å². The van der Waals surface area contributed by atoms with Crippen LogP contribution in [0.1, 0.15) is 25.7 Å². The Labute approximate surface area is 118 Å². The van der Waals surface area contributed by atoms with Crippen LogP contribution in [0.2, 0.25) is 0 Å². The van der Waals surface area contributed by atoms with Crippen molar-refractivity contribution in [2.45, 2.75) is 36.6 Å².